The lowest BCUT2D eigenvalue weighted by molar-refractivity contribution is -0.134. The smallest absolute Gasteiger partial charge is 0.254 e. The molecule has 2 amide bonds. The van der Waals surface area contributed by atoms with Gasteiger partial charge in [0.2, 0.25) is 5.91 Å². The van der Waals surface area contributed by atoms with Gasteiger partial charge in [0.05, 0.1) is 6.04 Å². The number of carbonyl (C=O) groups is 2. The highest BCUT2D eigenvalue weighted by atomic mass is 32.1. The Morgan fingerprint density at radius 1 is 1.03 bits per heavy atom. The van der Waals surface area contributed by atoms with E-state index in [1.54, 1.807) is 28.4 Å². The monoisotopic (exact) mass is 534 g/mol. The van der Waals surface area contributed by atoms with E-state index in [2.05, 4.69) is 18.4 Å². The fourth-order valence-electron chi connectivity index (χ4n) is 5.21. The van der Waals surface area contributed by atoms with Crippen molar-refractivity contribution in [3.63, 3.8) is 0 Å². The molecule has 3 aromatic rings. The maximum absolute atomic E-state index is 13.8. The third-order valence-electron chi connectivity index (χ3n) is 7.68. The van der Waals surface area contributed by atoms with E-state index < -0.39 is 0 Å². The van der Waals surface area contributed by atoms with Crippen LogP contribution >= 0.6 is 11.3 Å². The third-order valence-corrected chi connectivity index (χ3v) is 8.68. The zero-order valence-electron chi connectivity index (χ0n) is 22.8. The molecule has 0 saturated heterocycles. The summed E-state index contributed by atoms with van der Waals surface area (Å²) in [5.41, 5.74) is 3.84. The van der Waals surface area contributed by atoms with Gasteiger partial charge in [0.25, 0.3) is 5.91 Å². The number of hydrogen-bond acceptors (Lipinski definition) is 3. The topological polar surface area (TPSA) is 40.6 Å². The molecule has 0 spiro atoms. The van der Waals surface area contributed by atoms with Crippen molar-refractivity contribution in [1.29, 1.82) is 0 Å². The first-order chi connectivity index (χ1) is 18.4. The Balaban J connectivity index is 1.52. The number of hydrogen-bond donors (Lipinski definition) is 0. The zero-order chi connectivity index (χ0) is 27.1. The van der Waals surface area contributed by atoms with Gasteiger partial charge in [-0.1, -0.05) is 57.4 Å². The lowest BCUT2D eigenvalue weighted by Gasteiger charge is -2.38. The van der Waals surface area contributed by atoms with Crippen molar-refractivity contribution < 1.29 is 14.0 Å². The summed E-state index contributed by atoms with van der Waals surface area (Å²) >= 11 is 1.70. The Hall–Kier alpha value is -2.99. The third kappa shape index (κ3) is 6.52. The van der Waals surface area contributed by atoms with Gasteiger partial charge >= 0.3 is 0 Å². The molecule has 4 rings (SSSR count). The number of thiophene rings is 1. The second kappa shape index (κ2) is 13.2. The molecule has 202 valence electrons. The summed E-state index contributed by atoms with van der Waals surface area (Å²) in [5.74, 6) is -0.498. The first-order valence-electron chi connectivity index (χ1n) is 13.9. The number of aryl methyl sites for hydroxylation is 1. The van der Waals surface area contributed by atoms with Crippen molar-refractivity contribution in [2.24, 2.45) is 0 Å². The van der Waals surface area contributed by atoms with Gasteiger partial charge in [0, 0.05) is 23.0 Å². The van der Waals surface area contributed by atoms with Crippen LogP contribution in [0.15, 0.2) is 60.0 Å². The molecule has 0 saturated carbocycles. The Kier molecular flexibility index (Phi) is 9.73. The molecule has 4 nitrogen and oxygen atoms in total. The van der Waals surface area contributed by atoms with Crippen LogP contribution in [-0.4, -0.2) is 40.7 Å². The number of rotatable bonds is 11. The molecule has 0 fully saturated rings. The zero-order valence-corrected chi connectivity index (χ0v) is 23.6. The molecule has 0 bridgehead atoms. The number of benzene rings is 2. The van der Waals surface area contributed by atoms with Crippen LogP contribution in [0.3, 0.4) is 0 Å². The Bertz CT molecular complexity index is 1200. The summed E-state index contributed by atoms with van der Waals surface area (Å²) in [4.78, 5) is 32.3. The highest BCUT2D eigenvalue weighted by molar-refractivity contribution is 7.10. The quantitative estimate of drug-likeness (QED) is 0.240. The molecule has 2 atom stereocenters. The number of amides is 2. The van der Waals surface area contributed by atoms with Crippen LogP contribution in [0.4, 0.5) is 4.39 Å². The SMILES string of the molecule is CCCCCCc1ccc(C(=O)N(CC(=O)N2CCc3sccc3C2c2ccc(F)cc2)C(C)CC)cc1. The van der Waals surface area contributed by atoms with E-state index >= 15 is 0 Å². The maximum Gasteiger partial charge on any atom is 0.254 e. The summed E-state index contributed by atoms with van der Waals surface area (Å²) in [5, 5.41) is 2.05. The van der Waals surface area contributed by atoms with E-state index in [0.29, 0.717) is 12.1 Å². The molecule has 1 aromatic heterocycles. The van der Waals surface area contributed by atoms with Crippen molar-refractivity contribution in [3.05, 3.63) is 92.9 Å². The Morgan fingerprint density at radius 3 is 2.45 bits per heavy atom. The van der Waals surface area contributed by atoms with E-state index in [0.717, 1.165) is 36.8 Å². The summed E-state index contributed by atoms with van der Waals surface area (Å²) in [6.45, 7) is 6.84. The van der Waals surface area contributed by atoms with Gasteiger partial charge in [-0.05, 0) is 85.0 Å². The fraction of sp³-hybridized carbons (Fsp3) is 0.438. The summed E-state index contributed by atoms with van der Waals surface area (Å²) < 4.78 is 13.7. The molecule has 38 heavy (non-hydrogen) atoms. The van der Waals surface area contributed by atoms with Crippen molar-refractivity contribution in [2.45, 2.75) is 77.8 Å². The number of unbranched alkanes of at least 4 members (excludes halogenated alkanes) is 3. The number of carbonyl (C=O) groups excluding carboxylic acids is 2. The minimum absolute atomic E-state index is 0.0176. The average Bonchev–Trinajstić information content (AvgIpc) is 3.42. The predicted molar refractivity (Wildman–Crippen MR) is 153 cm³/mol. The first-order valence-corrected chi connectivity index (χ1v) is 14.8. The summed E-state index contributed by atoms with van der Waals surface area (Å²) in [7, 11) is 0. The van der Waals surface area contributed by atoms with E-state index in [1.807, 2.05) is 43.0 Å². The second-order valence-electron chi connectivity index (χ2n) is 10.3. The molecule has 2 aromatic carbocycles. The highest BCUT2D eigenvalue weighted by Gasteiger charge is 2.34. The van der Waals surface area contributed by atoms with Crippen LogP contribution in [0.2, 0.25) is 0 Å². The summed E-state index contributed by atoms with van der Waals surface area (Å²) in [6.07, 6.45) is 7.41. The molecule has 1 aliphatic rings. The van der Waals surface area contributed by atoms with E-state index in [4.69, 9.17) is 0 Å². The molecule has 6 heteroatoms. The average molecular weight is 535 g/mol. The first kappa shape index (κ1) is 28.0. The highest BCUT2D eigenvalue weighted by Crippen LogP contribution is 2.38. The second-order valence-corrected chi connectivity index (χ2v) is 11.3. The molecule has 0 aliphatic carbocycles. The van der Waals surface area contributed by atoms with Crippen LogP contribution in [0.1, 0.15) is 90.8 Å². The lowest BCUT2D eigenvalue weighted by atomic mass is 9.93. The van der Waals surface area contributed by atoms with E-state index in [1.165, 1.54) is 41.8 Å². The number of nitrogens with zero attached hydrogens (tertiary/aromatic N) is 2. The standard InChI is InChI=1S/C32H39FN2O2S/c1-4-6-7-8-9-24-10-12-26(13-11-24)32(37)35(23(3)5-2)22-30(36)34-20-18-29-28(19-21-38-29)31(34)25-14-16-27(33)17-15-25/h10-17,19,21,23,31H,4-9,18,20,22H2,1-3H3. The fourth-order valence-corrected chi connectivity index (χ4v) is 6.11. The van der Waals surface area contributed by atoms with Crippen LogP contribution in [0.25, 0.3) is 0 Å². The van der Waals surface area contributed by atoms with Gasteiger partial charge in [-0.3, -0.25) is 9.59 Å². The minimum Gasteiger partial charge on any atom is -0.330 e. The molecular formula is C32H39FN2O2S. The van der Waals surface area contributed by atoms with Gasteiger partial charge in [-0.2, -0.15) is 0 Å². The van der Waals surface area contributed by atoms with Gasteiger partial charge in [0.15, 0.2) is 0 Å². The van der Waals surface area contributed by atoms with E-state index in [-0.39, 0.29) is 36.3 Å². The summed E-state index contributed by atoms with van der Waals surface area (Å²) in [6, 6.07) is 16.0. The predicted octanol–water partition coefficient (Wildman–Crippen LogP) is 7.43. The van der Waals surface area contributed by atoms with Crippen LogP contribution < -0.4 is 0 Å². The van der Waals surface area contributed by atoms with Crippen molar-refractivity contribution in [3.8, 4) is 0 Å². The molecule has 0 radical (unpaired) electrons. The molecule has 1 aliphatic heterocycles. The minimum atomic E-state index is -0.298. The lowest BCUT2D eigenvalue weighted by Crippen LogP contribution is -2.49. The maximum atomic E-state index is 13.8. The number of fused-ring (bicyclic) bond motifs is 1. The molecule has 2 unspecified atom stereocenters. The van der Waals surface area contributed by atoms with Gasteiger partial charge in [-0.15, -0.1) is 11.3 Å². The van der Waals surface area contributed by atoms with Gasteiger partial charge in [-0.25, -0.2) is 4.39 Å². The largest absolute Gasteiger partial charge is 0.330 e. The van der Waals surface area contributed by atoms with Crippen LogP contribution in [0, 0.1) is 5.82 Å². The van der Waals surface area contributed by atoms with Crippen LogP contribution in [0.5, 0.6) is 0 Å². The van der Waals surface area contributed by atoms with Crippen molar-refractivity contribution >= 4 is 23.2 Å². The molecule has 2 heterocycles. The van der Waals surface area contributed by atoms with Gasteiger partial charge in [0.1, 0.15) is 12.4 Å². The normalized spacial score (nSPS) is 15.7. The Labute approximate surface area is 230 Å². The molecular weight excluding hydrogens is 495 g/mol. The number of halogens is 1. The van der Waals surface area contributed by atoms with Crippen molar-refractivity contribution in [1.82, 2.24) is 9.80 Å². The Morgan fingerprint density at radius 2 is 1.76 bits per heavy atom. The van der Waals surface area contributed by atoms with Crippen molar-refractivity contribution in [2.75, 3.05) is 13.1 Å². The molecule has 0 N–H and O–H groups in total. The van der Waals surface area contributed by atoms with Crippen LogP contribution in [-0.2, 0) is 17.6 Å². The van der Waals surface area contributed by atoms with E-state index in [9.17, 15) is 14.0 Å². The van der Waals surface area contributed by atoms with Gasteiger partial charge < -0.3 is 9.80 Å².